The average Bonchev–Trinajstić information content (AvgIpc) is 2.51. The Balaban J connectivity index is 2.29. The summed E-state index contributed by atoms with van der Waals surface area (Å²) in [5, 5.41) is 6.43. The standard InChI is InChI=1S/C14H28N2O/c1-4-15-10-12(3)14(17)16-13-7-5-6-11(2)8-9-13/h11-13,15H,4-10H2,1-3H3,(H,16,17). The molecule has 2 N–H and O–H groups in total. The zero-order valence-electron chi connectivity index (χ0n) is 11.6. The van der Waals surface area contributed by atoms with Gasteiger partial charge in [-0.15, -0.1) is 0 Å². The predicted octanol–water partition coefficient (Wildman–Crippen LogP) is 2.32. The maximum absolute atomic E-state index is 12.0. The Labute approximate surface area is 106 Å². The van der Waals surface area contributed by atoms with Gasteiger partial charge in [0.05, 0.1) is 0 Å². The topological polar surface area (TPSA) is 41.1 Å². The first-order valence-electron chi connectivity index (χ1n) is 7.14. The Morgan fingerprint density at radius 3 is 2.76 bits per heavy atom. The third-order valence-electron chi connectivity index (χ3n) is 3.75. The van der Waals surface area contributed by atoms with Crippen molar-refractivity contribution >= 4 is 5.91 Å². The third-order valence-corrected chi connectivity index (χ3v) is 3.75. The van der Waals surface area contributed by atoms with Crippen LogP contribution in [0.5, 0.6) is 0 Å². The van der Waals surface area contributed by atoms with Gasteiger partial charge < -0.3 is 10.6 Å². The number of amides is 1. The minimum Gasteiger partial charge on any atom is -0.353 e. The molecule has 0 aromatic heterocycles. The summed E-state index contributed by atoms with van der Waals surface area (Å²) in [4.78, 5) is 12.0. The molecule has 1 fully saturated rings. The molecule has 3 unspecified atom stereocenters. The van der Waals surface area contributed by atoms with E-state index in [4.69, 9.17) is 0 Å². The van der Waals surface area contributed by atoms with E-state index in [1.54, 1.807) is 0 Å². The second-order valence-corrected chi connectivity index (χ2v) is 5.53. The Morgan fingerprint density at radius 1 is 1.29 bits per heavy atom. The van der Waals surface area contributed by atoms with Crippen LogP contribution in [0.15, 0.2) is 0 Å². The molecule has 3 nitrogen and oxygen atoms in total. The first-order valence-corrected chi connectivity index (χ1v) is 7.14. The van der Waals surface area contributed by atoms with Crippen LogP contribution in [0.25, 0.3) is 0 Å². The molecular formula is C14H28N2O. The summed E-state index contributed by atoms with van der Waals surface area (Å²) in [6.07, 6.45) is 6.14. The minimum atomic E-state index is 0.0793. The van der Waals surface area contributed by atoms with E-state index >= 15 is 0 Å². The van der Waals surface area contributed by atoms with Crippen LogP contribution in [0.4, 0.5) is 0 Å². The monoisotopic (exact) mass is 240 g/mol. The molecule has 0 heterocycles. The smallest absolute Gasteiger partial charge is 0.224 e. The Bertz CT molecular complexity index is 230. The van der Waals surface area contributed by atoms with Gasteiger partial charge in [-0.3, -0.25) is 4.79 Å². The van der Waals surface area contributed by atoms with Gasteiger partial charge in [0.25, 0.3) is 0 Å². The number of hydrogen-bond acceptors (Lipinski definition) is 2. The molecule has 1 rings (SSSR count). The van der Waals surface area contributed by atoms with Crippen molar-refractivity contribution in [2.45, 2.75) is 58.9 Å². The highest BCUT2D eigenvalue weighted by atomic mass is 16.1. The fourth-order valence-electron chi connectivity index (χ4n) is 2.43. The lowest BCUT2D eigenvalue weighted by Crippen LogP contribution is -2.41. The normalized spacial score (nSPS) is 27.2. The van der Waals surface area contributed by atoms with Crippen molar-refractivity contribution in [3.63, 3.8) is 0 Å². The van der Waals surface area contributed by atoms with Crippen LogP contribution in [0.1, 0.15) is 52.9 Å². The van der Waals surface area contributed by atoms with Gasteiger partial charge >= 0.3 is 0 Å². The van der Waals surface area contributed by atoms with E-state index in [0.29, 0.717) is 6.04 Å². The Morgan fingerprint density at radius 2 is 2.06 bits per heavy atom. The second kappa shape index (κ2) is 7.70. The molecule has 1 aliphatic rings. The Kier molecular flexibility index (Phi) is 6.56. The van der Waals surface area contributed by atoms with Crippen LogP contribution in [0.2, 0.25) is 0 Å². The lowest BCUT2D eigenvalue weighted by molar-refractivity contribution is -0.125. The average molecular weight is 240 g/mol. The molecule has 0 spiro atoms. The summed E-state index contributed by atoms with van der Waals surface area (Å²) in [7, 11) is 0. The number of rotatable bonds is 5. The largest absolute Gasteiger partial charge is 0.353 e. The van der Waals surface area contributed by atoms with Crippen molar-refractivity contribution in [3.8, 4) is 0 Å². The third kappa shape index (κ3) is 5.53. The molecule has 0 aliphatic heterocycles. The summed E-state index contributed by atoms with van der Waals surface area (Å²) < 4.78 is 0. The molecule has 0 aromatic carbocycles. The van der Waals surface area contributed by atoms with Gasteiger partial charge in [-0.2, -0.15) is 0 Å². The zero-order valence-corrected chi connectivity index (χ0v) is 11.6. The quantitative estimate of drug-likeness (QED) is 0.724. The molecule has 17 heavy (non-hydrogen) atoms. The maximum Gasteiger partial charge on any atom is 0.224 e. The predicted molar refractivity (Wildman–Crippen MR) is 71.9 cm³/mol. The van der Waals surface area contributed by atoms with Crippen LogP contribution in [0, 0.1) is 11.8 Å². The number of hydrogen-bond donors (Lipinski definition) is 2. The van der Waals surface area contributed by atoms with Gasteiger partial charge in [0.1, 0.15) is 0 Å². The van der Waals surface area contributed by atoms with Gasteiger partial charge in [-0.05, 0) is 31.7 Å². The lowest BCUT2D eigenvalue weighted by atomic mass is 10.0. The highest BCUT2D eigenvalue weighted by Crippen LogP contribution is 2.22. The van der Waals surface area contributed by atoms with Crippen molar-refractivity contribution in [2.75, 3.05) is 13.1 Å². The fourth-order valence-corrected chi connectivity index (χ4v) is 2.43. The molecule has 100 valence electrons. The van der Waals surface area contributed by atoms with E-state index in [1.165, 1.54) is 19.3 Å². The van der Waals surface area contributed by atoms with Crippen molar-refractivity contribution in [2.24, 2.45) is 11.8 Å². The van der Waals surface area contributed by atoms with Crippen LogP contribution in [-0.2, 0) is 4.79 Å². The van der Waals surface area contributed by atoms with Crippen LogP contribution in [-0.4, -0.2) is 25.0 Å². The maximum atomic E-state index is 12.0. The van der Waals surface area contributed by atoms with E-state index in [9.17, 15) is 4.79 Å². The molecule has 0 radical (unpaired) electrons. The van der Waals surface area contributed by atoms with E-state index in [1.807, 2.05) is 6.92 Å². The molecule has 0 saturated heterocycles. The first-order chi connectivity index (χ1) is 8.13. The van der Waals surface area contributed by atoms with E-state index in [-0.39, 0.29) is 11.8 Å². The van der Waals surface area contributed by atoms with Crippen LogP contribution < -0.4 is 10.6 Å². The van der Waals surface area contributed by atoms with Gasteiger partial charge in [0, 0.05) is 18.5 Å². The molecular weight excluding hydrogens is 212 g/mol. The van der Waals surface area contributed by atoms with Gasteiger partial charge in [0.2, 0.25) is 5.91 Å². The summed E-state index contributed by atoms with van der Waals surface area (Å²) in [6.45, 7) is 8.09. The van der Waals surface area contributed by atoms with Crippen molar-refractivity contribution < 1.29 is 4.79 Å². The molecule has 3 heteroatoms. The lowest BCUT2D eigenvalue weighted by Gasteiger charge is -2.19. The molecule has 0 aromatic rings. The van der Waals surface area contributed by atoms with Crippen molar-refractivity contribution in [1.82, 2.24) is 10.6 Å². The highest BCUT2D eigenvalue weighted by Gasteiger charge is 2.20. The summed E-state index contributed by atoms with van der Waals surface area (Å²) in [5.74, 6) is 1.12. The molecule has 3 atom stereocenters. The number of nitrogens with one attached hydrogen (secondary N) is 2. The second-order valence-electron chi connectivity index (χ2n) is 5.53. The molecule has 0 bridgehead atoms. The Hall–Kier alpha value is -0.570. The fraction of sp³-hybridized carbons (Fsp3) is 0.929. The summed E-state index contributed by atoms with van der Waals surface area (Å²) >= 11 is 0. The van der Waals surface area contributed by atoms with Crippen molar-refractivity contribution in [1.29, 1.82) is 0 Å². The zero-order chi connectivity index (χ0) is 12.7. The highest BCUT2D eigenvalue weighted by molar-refractivity contribution is 5.78. The number of carbonyl (C=O) groups is 1. The molecule has 1 amide bonds. The van der Waals surface area contributed by atoms with Crippen molar-refractivity contribution in [3.05, 3.63) is 0 Å². The SMILES string of the molecule is CCNCC(C)C(=O)NC1CCCC(C)CC1. The minimum absolute atomic E-state index is 0.0793. The summed E-state index contributed by atoms with van der Waals surface area (Å²) in [6, 6.07) is 0.413. The van der Waals surface area contributed by atoms with Crippen LogP contribution >= 0.6 is 0 Å². The van der Waals surface area contributed by atoms with Gasteiger partial charge in [-0.1, -0.05) is 33.6 Å². The first kappa shape index (κ1) is 14.5. The van der Waals surface area contributed by atoms with E-state index in [2.05, 4.69) is 24.5 Å². The van der Waals surface area contributed by atoms with Gasteiger partial charge in [0.15, 0.2) is 0 Å². The van der Waals surface area contributed by atoms with Gasteiger partial charge in [-0.25, -0.2) is 0 Å². The summed E-state index contributed by atoms with van der Waals surface area (Å²) in [5.41, 5.74) is 0. The molecule has 1 aliphatic carbocycles. The van der Waals surface area contributed by atoms with Crippen LogP contribution in [0.3, 0.4) is 0 Å². The van der Waals surface area contributed by atoms with E-state index in [0.717, 1.165) is 31.8 Å². The van der Waals surface area contributed by atoms with E-state index < -0.39 is 0 Å². The molecule has 1 saturated carbocycles. The number of carbonyl (C=O) groups excluding carboxylic acids is 1.